The molecule has 0 unspecified atom stereocenters. The SMILES string of the molecule is CCCC(=N)c1ccc(CCCC(=O)Oc2ccc(S(=O)(=O)NCCN3CCOCC3)cc2C)cc1. The van der Waals surface area contributed by atoms with Gasteiger partial charge in [0, 0.05) is 38.3 Å². The zero-order chi connectivity index (χ0) is 26.0. The fourth-order valence-corrected chi connectivity index (χ4v) is 5.13. The number of nitrogens with one attached hydrogen (secondary N) is 2. The summed E-state index contributed by atoms with van der Waals surface area (Å²) in [4.78, 5) is 14.7. The van der Waals surface area contributed by atoms with Gasteiger partial charge in [-0.2, -0.15) is 0 Å². The van der Waals surface area contributed by atoms with E-state index in [0.29, 0.717) is 49.7 Å². The number of hydrogen-bond acceptors (Lipinski definition) is 7. The van der Waals surface area contributed by atoms with Gasteiger partial charge in [-0.3, -0.25) is 9.69 Å². The van der Waals surface area contributed by atoms with E-state index in [1.807, 2.05) is 24.3 Å². The quantitative estimate of drug-likeness (QED) is 0.239. The molecule has 36 heavy (non-hydrogen) atoms. The van der Waals surface area contributed by atoms with Crippen molar-refractivity contribution in [1.82, 2.24) is 9.62 Å². The van der Waals surface area contributed by atoms with Gasteiger partial charge in [-0.1, -0.05) is 37.6 Å². The molecule has 0 radical (unpaired) electrons. The van der Waals surface area contributed by atoms with Crippen LogP contribution in [0.2, 0.25) is 0 Å². The van der Waals surface area contributed by atoms with Gasteiger partial charge in [-0.15, -0.1) is 0 Å². The van der Waals surface area contributed by atoms with E-state index in [1.165, 1.54) is 18.2 Å². The normalized spacial score (nSPS) is 14.5. The topological polar surface area (TPSA) is 109 Å². The second-order valence-corrected chi connectivity index (χ2v) is 10.8. The second kappa shape index (κ2) is 13.6. The molecule has 0 bridgehead atoms. The maximum absolute atomic E-state index is 12.7. The van der Waals surface area contributed by atoms with E-state index in [-0.39, 0.29) is 17.3 Å². The van der Waals surface area contributed by atoms with Gasteiger partial charge >= 0.3 is 5.97 Å². The monoisotopic (exact) mass is 515 g/mol. The predicted octanol–water partition coefficient (Wildman–Crippen LogP) is 3.70. The Kier molecular flexibility index (Phi) is 10.6. The molecule has 1 aliphatic heterocycles. The van der Waals surface area contributed by atoms with Crippen LogP contribution in [-0.2, 0) is 26.0 Å². The lowest BCUT2D eigenvalue weighted by molar-refractivity contribution is -0.134. The number of hydrogen-bond donors (Lipinski definition) is 2. The summed E-state index contributed by atoms with van der Waals surface area (Å²) in [6.07, 6.45) is 3.36. The molecule has 2 aromatic carbocycles. The zero-order valence-corrected chi connectivity index (χ0v) is 22.0. The highest BCUT2D eigenvalue weighted by atomic mass is 32.2. The van der Waals surface area contributed by atoms with E-state index in [1.54, 1.807) is 6.92 Å². The van der Waals surface area contributed by atoms with E-state index < -0.39 is 10.0 Å². The van der Waals surface area contributed by atoms with E-state index in [0.717, 1.165) is 43.5 Å². The molecule has 9 heteroatoms. The van der Waals surface area contributed by atoms with Gasteiger partial charge in [0.2, 0.25) is 10.0 Å². The van der Waals surface area contributed by atoms with E-state index in [2.05, 4.69) is 16.5 Å². The molecule has 0 atom stereocenters. The van der Waals surface area contributed by atoms with Gasteiger partial charge in [-0.05, 0) is 61.1 Å². The molecule has 0 aromatic heterocycles. The lowest BCUT2D eigenvalue weighted by Gasteiger charge is -2.26. The van der Waals surface area contributed by atoms with Crippen molar-refractivity contribution in [3.05, 3.63) is 59.2 Å². The smallest absolute Gasteiger partial charge is 0.311 e. The van der Waals surface area contributed by atoms with Gasteiger partial charge in [0.05, 0.1) is 18.1 Å². The number of ether oxygens (including phenoxy) is 2. The summed E-state index contributed by atoms with van der Waals surface area (Å²) >= 11 is 0. The zero-order valence-electron chi connectivity index (χ0n) is 21.2. The molecule has 1 aliphatic rings. The molecule has 1 heterocycles. The second-order valence-electron chi connectivity index (χ2n) is 9.03. The van der Waals surface area contributed by atoms with Crippen LogP contribution in [0.15, 0.2) is 47.4 Å². The fourth-order valence-electron chi connectivity index (χ4n) is 4.03. The maximum atomic E-state index is 12.7. The van der Waals surface area contributed by atoms with Crippen molar-refractivity contribution in [2.24, 2.45) is 0 Å². The molecule has 0 saturated carbocycles. The summed E-state index contributed by atoms with van der Waals surface area (Å²) in [5.41, 5.74) is 3.28. The van der Waals surface area contributed by atoms with Crippen LogP contribution in [0.3, 0.4) is 0 Å². The first-order chi connectivity index (χ1) is 17.3. The summed E-state index contributed by atoms with van der Waals surface area (Å²) in [7, 11) is -3.65. The fraction of sp³-hybridized carbons (Fsp3) is 0.481. The molecular formula is C27H37N3O5S. The Balaban J connectivity index is 1.45. The van der Waals surface area contributed by atoms with Crippen LogP contribution >= 0.6 is 0 Å². The Morgan fingerprint density at radius 3 is 2.50 bits per heavy atom. The number of carbonyl (C=O) groups excluding carboxylic acids is 1. The van der Waals surface area contributed by atoms with Crippen LogP contribution in [0, 0.1) is 12.3 Å². The Morgan fingerprint density at radius 2 is 1.83 bits per heavy atom. The Hall–Kier alpha value is -2.59. The van der Waals surface area contributed by atoms with Gasteiger partial charge in [0.25, 0.3) is 0 Å². The molecule has 8 nitrogen and oxygen atoms in total. The third-order valence-electron chi connectivity index (χ3n) is 6.15. The first kappa shape index (κ1) is 28.0. The summed E-state index contributed by atoms with van der Waals surface area (Å²) in [5, 5.41) is 8.03. The molecule has 1 saturated heterocycles. The molecule has 196 valence electrons. The molecule has 1 fully saturated rings. The predicted molar refractivity (Wildman–Crippen MR) is 140 cm³/mol. The lowest BCUT2D eigenvalue weighted by atomic mass is 10.0. The van der Waals surface area contributed by atoms with Crippen LogP contribution < -0.4 is 9.46 Å². The molecule has 0 amide bonds. The summed E-state index contributed by atoms with van der Waals surface area (Å²) < 4.78 is 38.7. The minimum Gasteiger partial charge on any atom is -0.426 e. The highest BCUT2D eigenvalue weighted by molar-refractivity contribution is 7.89. The van der Waals surface area contributed by atoms with Crippen molar-refractivity contribution in [3.8, 4) is 5.75 Å². The van der Waals surface area contributed by atoms with Crippen molar-refractivity contribution in [3.63, 3.8) is 0 Å². The van der Waals surface area contributed by atoms with E-state index >= 15 is 0 Å². The molecule has 0 spiro atoms. The Bertz CT molecular complexity index is 1130. The summed E-state index contributed by atoms with van der Waals surface area (Å²) in [6, 6.07) is 12.5. The minimum atomic E-state index is -3.65. The molecule has 0 aliphatic carbocycles. The van der Waals surface area contributed by atoms with Crippen molar-refractivity contribution in [2.75, 3.05) is 39.4 Å². The average Bonchev–Trinajstić information content (AvgIpc) is 2.86. The molecule has 3 rings (SSSR count). The van der Waals surface area contributed by atoms with Crippen LogP contribution in [0.25, 0.3) is 0 Å². The number of nitrogens with zero attached hydrogens (tertiary/aromatic N) is 1. The van der Waals surface area contributed by atoms with Crippen molar-refractivity contribution < 1.29 is 22.7 Å². The van der Waals surface area contributed by atoms with E-state index in [9.17, 15) is 13.2 Å². The number of esters is 1. The highest BCUT2D eigenvalue weighted by Crippen LogP contribution is 2.22. The van der Waals surface area contributed by atoms with Crippen LogP contribution in [0.5, 0.6) is 5.75 Å². The third-order valence-corrected chi connectivity index (χ3v) is 7.61. The summed E-state index contributed by atoms with van der Waals surface area (Å²) in [6.45, 7) is 7.69. The van der Waals surface area contributed by atoms with Gasteiger partial charge in [0.1, 0.15) is 5.75 Å². The largest absolute Gasteiger partial charge is 0.426 e. The average molecular weight is 516 g/mol. The first-order valence-electron chi connectivity index (χ1n) is 12.6. The van der Waals surface area contributed by atoms with Gasteiger partial charge in [-0.25, -0.2) is 13.1 Å². The Morgan fingerprint density at radius 1 is 1.11 bits per heavy atom. The van der Waals surface area contributed by atoms with Crippen molar-refractivity contribution >= 4 is 21.7 Å². The summed E-state index contributed by atoms with van der Waals surface area (Å²) in [5.74, 6) is 0.0183. The number of rotatable bonds is 13. The highest BCUT2D eigenvalue weighted by Gasteiger charge is 2.17. The molecule has 2 aromatic rings. The van der Waals surface area contributed by atoms with Crippen LogP contribution in [0.4, 0.5) is 0 Å². The lowest BCUT2D eigenvalue weighted by Crippen LogP contribution is -2.41. The number of sulfonamides is 1. The van der Waals surface area contributed by atoms with Crippen molar-refractivity contribution in [2.45, 2.75) is 50.8 Å². The number of morpholine rings is 1. The van der Waals surface area contributed by atoms with Gasteiger partial charge in [0.15, 0.2) is 0 Å². The van der Waals surface area contributed by atoms with E-state index in [4.69, 9.17) is 14.9 Å². The van der Waals surface area contributed by atoms with Gasteiger partial charge < -0.3 is 14.9 Å². The number of carbonyl (C=O) groups is 1. The standard InChI is InChI=1S/C27H37N3O5S/c1-3-5-25(28)23-10-8-22(9-11-23)6-4-7-27(31)35-26-13-12-24(20-21(26)2)36(32,33)29-14-15-30-16-18-34-19-17-30/h8-13,20,28-29H,3-7,14-19H2,1-2H3. The Labute approximate surface area is 214 Å². The first-order valence-corrected chi connectivity index (χ1v) is 14.0. The van der Waals surface area contributed by atoms with Crippen LogP contribution in [-0.4, -0.2) is 64.4 Å². The molecule has 2 N–H and O–H groups in total. The molecular weight excluding hydrogens is 478 g/mol. The van der Waals surface area contributed by atoms with Crippen LogP contribution in [0.1, 0.15) is 49.3 Å². The van der Waals surface area contributed by atoms with Crippen molar-refractivity contribution in [1.29, 1.82) is 5.41 Å². The number of benzene rings is 2. The number of aryl methyl sites for hydroxylation is 2. The minimum absolute atomic E-state index is 0.150. The third kappa shape index (κ3) is 8.51. The maximum Gasteiger partial charge on any atom is 0.311 e.